The van der Waals surface area contributed by atoms with Crippen LogP contribution in [0.1, 0.15) is 6.92 Å². The Morgan fingerprint density at radius 1 is 1.53 bits per heavy atom. The first-order chi connectivity index (χ1) is 8.04. The molecule has 0 spiro atoms. The van der Waals surface area contributed by atoms with Gasteiger partial charge in [0.25, 0.3) is 0 Å². The van der Waals surface area contributed by atoms with E-state index in [4.69, 9.17) is 0 Å². The number of halogens is 2. The van der Waals surface area contributed by atoms with Crippen LogP contribution in [0.5, 0.6) is 0 Å². The summed E-state index contributed by atoms with van der Waals surface area (Å²) in [5.41, 5.74) is 0.0904. The highest BCUT2D eigenvalue weighted by Crippen LogP contribution is 2.15. The third kappa shape index (κ3) is 3.86. The van der Waals surface area contributed by atoms with Gasteiger partial charge in [-0.3, -0.25) is 4.79 Å². The Hall–Kier alpha value is -1.91. The maximum Gasteiger partial charge on any atom is 0.242 e. The highest BCUT2D eigenvalue weighted by molar-refractivity contribution is 5.84. The predicted octanol–water partition coefficient (Wildman–Crippen LogP) is 2.07. The van der Waals surface area contributed by atoms with Crippen LogP contribution in [0.4, 0.5) is 14.5 Å². The molecule has 0 saturated heterocycles. The fourth-order valence-corrected chi connectivity index (χ4v) is 1.23. The predicted molar refractivity (Wildman–Crippen MR) is 62.6 cm³/mol. The molecule has 0 radical (unpaired) electrons. The lowest BCUT2D eigenvalue weighted by atomic mass is 10.2. The largest absolute Gasteiger partial charge is 0.372 e. The van der Waals surface area contributed by atoms with Crippen LogP contribution >= 0.6 is 0 Å². The second-order valence-electron chi connectivity index (χ2n) is 3.52. The third-order valence-electron chi connectivity index (χ3n) is 2.12. The van der Waals surface area contributed by atoms with Crippen LogP contribution in [-0.2, 0) is 4.79 Å². The summed E-state index contributed by atoms with van der Waals surface area (Å²) in [5.74, 6) is -1.67. The lowest BCUT2D eigenvalue weighted by Crippen LogP contribution is -2.37. The smallest absolute Gasteiger partial charge is 0.242 e. The molecule has 0 aliphatic carbocycles. The molecule has 1 aromatic rings. The SMILES string of the molecule is C=CCNC(=O)C(C)Nc1ccc(F)cc1F. The van der Waals surface area contributed by atoms with Crippen LogP contribution in [0.2, 0.25) is 0 Å². The minimum Gasteiger partial charge on any atom is -0.372 e. The molecule has 1 amide bonds. The zero-order valence-corrected chi connectivity index (χ0v) is 9.47. The normalized spacial score (nSPS) is 11.7. The Balaban J connectivity index is 2.64. The van der Waals surface area contributed by atoms with E-state index in [9.17, 15) is 13.6 Å². The monoisotopic (exact) mass is 240 g/mol. The van der Waals surface area contributed by atoms with Crippen molar-refractivity contribution in [2.75, 3.05) is 11.9 Å². The number of benzene rings is 1. The van der Waals surface area contributed by atoms with Crippen molar-refractivity contribution in [1.29, 1.82) is 0 Å². The number of amides is 1. The molecule has 0 aliphatic heterocycles. The Kier molecular flexibility index (Phi) is 4.63. The number of carbonyl (C=O) groups excluding carboxylic acids is 1. The quantitative estimate of drug-likeness (QED) is 0.773. The summed E-state index contributed by atoms with van der Waals surface area (Å²) in [6.07, 6.45) is 1.54. The van der Waals surface area contributed by atoms with Crippen molar-refractivity contribution in [3.05, 3.63) is 42.5 Å². The Morgan fingerprint density at radius 2 is 2.24 bits per heavy atom. The molecule has 0 heterocycles. The molecule has 1 unspecified atom stereocenters. The number of hydrogen-bond acceptors (Lipinski definition) is 2. The molecule has 1 aromatic carbocycles. The van der Waals surface area contributed by atoms with E-state index >= 15 is 0 Å². The van der Waals surface area contributed by atoms with E-state index in [-0.39, 0.29) is 11.6 Å². The lowest BCUT2D eigenvalue weighted by molar-refractivity contribution is -0.121. The van der Waals surface area contributed by atoms with Gasteiger partial charge in [0.1, 0.15) is 17.7 Å². The zero-order chi connectivity index (χ0) is 12.8. The maximum atomic E-state index is 13.3. The van der Waals surface area contributed by atoms with Gasteiger partial charge in [0.05, 0.1) is 5.69 Å². The van der Waals surface area contributed by atoms with Gasteiger partial charge in [0.15, 0.2) is 0 Å². The average Bonchev–Trinajstić information content (AvgIpc) is 2.29. The summed E-state index contributed by atoms with van der Waals surface area (Å²) in [6.45, 7) is 5.39. The molecule has 2 N–H and O–H groups in total. The minimum absolute atomic E-state index is 0.0904. The summed E-state index contributed by atoms with van der Waals surface area (Å²) >= 11 is 0. The molecule has 3 nitrogen and oxygen atoms in total. The zero-order valence-electron chi connectivity index (χ0n) is 9.47. The molecule has 1 rings (SSSR count). The van der Waals surface area contributed by atoms with Gasteiger partial charge in [-0.2, -0.15) is 0 Å². The first-order valence-corrected chi connectivity index (χ1v) is 5.14. The molecular formula is C12H14F2N2O. The van der Waals surface area contributed by atoms with Crippen LogP contribution in [0.15, 0.2) is 30.9 Å². The molecule has 5 heteroatoms. The molecule has 0 aliphatic rings. The van der Waals surface area contributed by atoms with Crippen LogP contribution in [-0.4, -0.2) is 18.5 Å². The Bertz CT molecular complexity index is 421. The van der Waals surface area contributed by atoms with E-state index < -0.39 is 17.7 Å². The fourth-order valence-electron chi connectivity index (χ4n) is 1.23. The average molecular weight is 240 g/mol. The Labute approximate surface area is 98.5 Å². The van der Waals surface area contributed by atoms with E-state index in [2.05, 4.69) is 17.2 Å². The van der Waals surface area contributed by atoms with Gasteiger partial charge in [0.2, 0.25) is 5.91 Å². The number of carbonyl (C=O) groups is 1. The highest BCUT2D eigenvalue weighted by Gasteiger charge is 2.13. The summed E-state index contributed by atoms with van der Waals surface area (Å²) < 4.78 is 25.9. The molecule has 0 bridgehead atoms. The van der Waals surface area contributed by atoms with Gasteiger partial charge < -0.3 is 10.6 Å². The lowest BCUT2D eigenvalue weighted by Gasteiger charge is -2.15. The van der Waals surface area contributed by atoms with E-state index in [1.54, 1.807) is 13.0 Å². The van der Waals surface area contributed by atoms with Crippen molar-refractivity contribution < 1.29 is 13.6 Å². The highest BCUT2D eigenvalue weighted by atomic mass is 19.1. The summed E-state index contributed by atoms with van der Waals surface area (Å²) in [4.78, 5) is 11.5. The van der Waals surface area contributed by atoms with Crippen molar-refractivity contribution in [3.63, 3.8) is 0 Å². The van der Waals surface area contributed by atoms with Crippen molar-refractivity contribution in [1.82, 2.24) is 5.32 Å². The maximum absolute atomic E-state index is 13.3. The molecule has 1 atom stereocenters. The van der Waals surface area contributed by atoms with Crippen molar-refractivity contribution in [2.45, 2.75) is 13.0 Å². The summed E-state index contributed by atoms with van der Waals surface area (Å²) in [6, 6.07) is 2.52. The fraction of sp³-hybridized carbons (Fsp3) is 0.250. The molecule has 0 aromatic heterocycles. The number of rotatable bonds is 5. The van der Waals surface area contributed by atoms with Gasteiger partial charge in [-0.15, -0.1) is 6.58 Å². The van der Waals surface area contributed by atoms with Gasteiger partial charge in [-0.25, -0.2) is 8.78 Å². The second kappa shape index (κ2) is 5.98. The molecular weight excluding hydrogens is 226 g/mol. The van der Waals surface area contributed by atoms with E-state index in [1.165, 1.54) is 6.07 Å². The minimum atomic E-state index is -0.728. The molecule has 0 fully saturated rings. The van der Waals surface area contributed by atoms with Crippen LogP contribution in [0, 0.1) is 11.6 Å². The van der Waals surface area contributed by atoms with Gasteiger partial charge in [0, 0.05) is 12.6 Å². The van der Waals surface area contributed by atoms with Crippen molar-refractivity contribution in [3.8, 4) is 0 Å². The summed E-state index contributed by atoms with van der Waals surface area (Å²) in [5, 5.41) is 5.23. The van der Waals surface area contributed by atoms with Crippen molar-refractivity contribution in [2.24, 2.45) is 0 Å². The number of nitrogens with one attached hydrogen (secondary N) is 2. The van der Waals surface area contributed by atoms with Crippen LogP contribution in [0.25, 0.3) is 0 Å². The van der Waals surface area contributed by atoms with Crippen LogP contribution < -0.4 is 10.6 Å². The first-order valence-electron chi connectivity index (χ1n) is 5.14. The van der Waals surface area contributed by atoms with Gasteiger partial charge >= 0.3 is 0 Å². The third-order valence-corrected chi connectivity index (χ3v) is 2.12. The van der Waals surface area contributed by atoms with E-state index in [0.29, 0.717) is 6.54 Å². The van der Waals surface area contributed by atoms with E-state index in [0.717, 1.165) is 12.1 Å². The first kappa shape index (κ1) is 13.2. The van der Waals surface area contributed by atoms with Crippen LogP contribution in [0.3, 0.4) is 0 Å². The van der Waals surface area contributed by atoms with Crippen molar-refractivity contribution >= 4 is 11.6 Å². The number of anilines is 1. The standard InChI is InChI=1S/C12H14F2N2O/c1-3-6-15-12(17)8(2)16-11-5-4-9(13)7-10(11)14/h3-5,7-8,16H,1,6H2,2H3,(H,15,17). The van der Waals surface area contributed by atoms with E-state index in [1.807, 2.05) is 0 Å². The number of hydrogen-bond donors (Lipinski definition) is 2. The molecule has 0 saturated carbocycles. The molecule has 17 heavy (non-hydrogen) atoms. The Morgan fingerprint density at radius 3 is 2.82 bits per heavy atom. The van der Waals surface area contributed by atoms with Gasteiger partial charge in [-0.1, -0.05) is 6.08 Å². The second-order valence-corrected chi connectivity index (χ2v) is 3.52. The topological polar surface area (TPSA) is 41.1 Å². The summed E-state index contributed by atoms with van der Waals surface area (Å²) in [7, 11) is 0. The molecule has 92 valence electrons. The van der Waals surface area contributed by atoms with Gasteiger partial charge in [-0.05, 0) is 19.1 Å².